The maximum absolute atomic E-state index is 15.4. The zero-order valence-corrected chi connectivity index (χ0v) is 26.4. The summed E-state index contributed by atoms with van der Waals surface area (Å²) in [5.41, 5.74) is 0.357. The van der Waals surface area contributed by atoms with Gasteiger partial charge in [0, 0.05) is 34.8 Å². The van der Waals surface area contributed by atoms with Gasteiger partial charge in [-0.1, -0.05) is 29.8 Å². The number of sulfonamides is 1. The van der Waals surface area contributed by atoms with Crippen molar-refractivity contribution in [3.63, 3.8) is 0 Å². The van der Waals surface area contributed by atoms with Crippen LogP contribution in [0.25, 0.3) is 0 Å². The van der Waals surface area contributed by atoms with Gasteiger partial charge in [0.25, 0.3) is 15.9 Å². The minimum absolute atomic E-state index is 0.0534. The van der Waals surface area contributed by atoms with Crippen molar-refractivity contribution >= 4 is 33.2 Å². The summed E-state index contributed by atoms with van der Waals surface area (Å²) < 4.78 is 46.9. The van der Waals surface area contributed by atoms with E-state index in [2.05, 4.69) is 4.98 Å². The lowest BCUT2D eigenvalue weighted by molar-refractivity contribution is -0.127. The number of likely N-dealkylation sites (tertiary alicyclic amines) is 1. The molecule has 1 fully saturated rings. The number of nitrogens with zero attached hydrogens (tertiary/aromatic N) is 4. The van der Waals surface area contributed by atoms with E-state index in [-0.39, 0.29) is 10.6 Å². The summed E-state index contributed by atoms with van der Waals surface area (Å²) in [7, 11) is 2.55. The van der Waals surface area contributed by atoms with Crippen LogP contribution >= 0.6 is 11.6 Å². The van der Waals surface area contributed by atoms with Crippen molar-refractivity contribution in [3.8, 4) is 11.5 Å². The third-order valence-corrected chi connectivity index (χ3v) is 10.2. The van der Waals surface area contributed by atoms with Crippen LogP contribution in [0, 0.1) is 0 Å². The maximum atomic E-state index is 15.4. The van der Waals surface area contributed by atoms with Gasteiger partial charge >= 0.3 is 0 Å². The van der Waals surface area contributed by atoms with Gasteiger partial charge in [-0.05, 0) is 69.4 Å². The highest BCUT2D eigenvalue weighted by Gasteiger charge is 2.63. The van der Waals surface area contributed by atoms with Crippen molar-refractivity contribution in [1.82, 2.24) is 14.8 Å². The molecular formula is C32H33ClN4O6S. The highest BCUT2D eigenvalue weighted by atomic mass is 35.5. The number of ether oxygens (including phenoxy) is 2. The normalized spacial score (nSPS) is 20.4. The SMILES string of the molecule is COc1ccc(S(=O)(=O)N2C(=O)C(c3cccc(CN(C)C)c3OC)(N3CCCC3c3ncco3)c3cc(Cl)ccc32)cc1. The first-order valence-corrected chi connectivity index (χ1v) is 16.0. The maximum Gasteiger partial charge on any atom is 0.271 e. The Bertz CT molecular complexity index is 1800. The lowest BCUT2D eigenvalue weighted by Crippen LogP contribution is -2.54. The lowest BCUT2D eigenvalue weighted by atomic mass is 9.80. The number of carbonyl (C=O) groups is 1. The third kappa shape index (κ3) is 4.66. The number of halogens is 1. The lowest BCUT2D eigenvalue weighted by Gasteiger charge is -2.41. The number of anilines is 1. The molecule has 1 amide bonds. The number of oxazole rings is 1. The van der Waals surface area contributed by atoms with Crippen LogP contribution in [-0.2, 0) is 26.9 Å². The second-order valence-electron chi connectivity index (χ2n) is 11.1. The molecule has 230 valence electrons. The summed E-state index contributed by atoms with van der Waals surface area (Å²) in [6, 6.07) is 16.0. The van der Waals surface area contributed by atoms with Gasteiger partial charge in [-0.15, -0.1) is 0 Å². The number of methoxy groups -OCH3 is 2. The van der Waals surface area contributed by atoms with E-state index in [9.17, 15) is 8.42 Å². The standard InChI is InChI=1S/C32H33ClN4O6S/c1-35(2)20-21-7-5-8-25(29(21)42-4)32(36-17-6-9-28(36)30-34-16-18-43-30)26-19-22(33)10-15-27(26)37(31(32)38)44(39,40)24-13-11-23(41-3)12-14-24/h5,7-8,10-16,18-19,28H,6,9,17,20H2,1-4H3. The Morgan fingerprint density at radius 2 is 1.84 bits per heavy atom. The van der Waals surface area contributed by atoms with Crippen LogP contribution < -0.4 is 13.8 Å². The molecule has 3 aromatic carbocycles. The molecular weight excluding hydrogens is 604 g/mol. The molecule has 1 aromatic heterocycles. The van der Waals surface area contributed by atoms with Crippen LogP contribution in [-0.4, -0.2) is 64.0 Å². The van der Waals surface area contributed by atoms with Crippen molar-refractivity contribution in [2.75, 3.05) is 39.2 Å². The molecule has 2 unspecified atom stereocenters. The van der Waals surface area contributed by atoms with Gasteiger partial charge in [-0.25, -0.2) is 17.7 Å². The number of rotatable bonds is 9. The van der Waals surface area contributed by atoms with Crippen molar-refractivity contribution < 1.29 is 27.1 Å². The topological polar surface area (TPSA) is 105 Å². The van der Waals surface area contributed by atoms with Crippen molar-refractivity contribution in [3.05, 3.63) is 101 Å². The zero-order valence-electron chi connectivity index (χ0n) is 24.9. The number of aromatic nitrogens is 1. The fraction of sp³-hybridized carbons (Fsp3) is 0.312. The smallest absolute Gasteiger partial charge is 0.271 e. The monoisotopic (exact) mass is 636 g/mol. The minimum Gasteiger partial charge on any atom is -0.497 e. The molecule has 0 spiro atoms. The average molecular weight is 637 g/mol. The average Bonchev–Trinajstić information content (AvgIpc) is 3.75. The van der Waals surface area contributed by atoms with E-state index in [1.807, 2.05) is 42.1 Å². The summed E-state index contributed by atoms with van der Waals surface area (Å²) >= 11 is 6.63. The molecule has 10 nitrogen and oxygen atoms in total. The van der Waals surface area contributed by atoms with Crippen molar-refractivity contribution in [2.24, 2.45) is 0 Å². The van der Waals surface area contributed by atoms with Gasteiger partial charge in [0.1, 0.15) is 17.8 Å². The fourth-order valence-corrected chi connectivity index (χ4v) is 8.16. The van der Waals surface area contributed by atoms with Crippen LogP contribution in [0.2, 0.25) is 5.02 Å². The molecule has 2 aliphatic rings. The molecule has 2 aliphatic heterocycles. The van der Waals surface area contributed by atoms with E-state index in [0.717, 1.165) is 16.3 Å². The summed E-state index contributed by atoms with van der Waals surface area (Å²) in [5, 5.41) is 0.361. The Morgan fingerprint density at radius 1 is 1.07 bits per heavy atom. The number of amides is 1. The molecule has 0 N–H and O–H groups in total. The predicted octanol–water partition coefficient (Wildman–Crippen LogP) is 5.22. The largest absolute Gasteiger partial charge is 0.497 e. The van der Waals surface area contributed by atoms with E-state index < -0.39 is 27.5 Å². The van der Waals surface area contributed by atoms with E-state index in [1.54, 1.807) is 43.6 Å². The number of carbonyl (C=O) groups excluding carboxylic acids is 1. The van der Waals surface area contributed by atoms with Gasteiger partial charge in [-0.3, -0.25) is 9.69 Å². The Labute approximate surface area is 261 Å². The van der Waals surface area contributed by atoms with Gasteiger partial charge < -0.3 is 18.8 Å². The summed E-state index contributed by atoms with van der Waals surface area (Å²) in [5.74, 6) is 0.760. The summed E-state index contributed by atoms with van der Waals surface area (Å²) in [6.07, 6.45) is 4.44. The number of para-hydroxylation sites is 1. The Morgan fingerprint density at radius 3 is 2.50 bits per heavy atom. The second-order valence-corrected chi connectivity index (χ2v) is 13.3. The first-order chi connectivity index (χ1) is 21.1. The van der Waals surface area contributed by atoms with E-state index >= 15 is 4.79 Å². The van der Waals surface area contributed by atoms with E-state index in [4.69, 9.17) is 25.5 Å². The Balaban J connectivity index is 1.67. The van der Waals surface area contributed by atoms with Crippen LogP contribution in [0.15, 0.2) is 82.4 Å². The minimum atomic E-state index is -4.40. The molecule has 4 aromatic rings. The molecule has 0 aliphatic carbocycles. The molecule has 2 atom stereocenters. The number of benzene rings is 3. The number of hydrogen-bond acceptors (Lipinski definition) is 9. The van der Waals surface area contributed by atoms with Gasteiger partial charge in [-0.2, -0.15) is 0 Å². The molecule has 1 saturated heterocycles. The van der Waals surface area contributed by atoms with Gasteiger partial charge in [0.05, 0.1) is 37.0 Å². The molecule has 6 rings (SSSR count). The number of fused-ring (bicyclic) bond motifs is 1. The van der Waals surface area contributed by atoms with E-state index in [1.165, 1.54) is 25.5 Å². The van der Waals surface area contributed by atoms with Crippen LogP contribution in [0.5, 0.6) is 11.5 Å². The molecule has 0 radical (unpaired) electrons. The number of hydrogen-bond donors (Lipinski definition) is 0. The van der Waals surface area contributed by atoms with Crippen molar-refractivity contribution in [1.29, 1.82) is 0 Å². The van der Waals surface area contributed by atoms with Crippen LogP contribution in [0.3, 0.4) is 0 Å². The first-order valence-electron chi connectivity index (χ1n) is 14.2. The summed E-state index contributed by atoms with van der Waals surface area (Å²) in [4.78, 5) is 23.8. The Kier molecular flexibility index (Phi) is 7.91. The van der Waals surface area contributed by atoms with Gasteiger partial charge in [0.15, 0.2) is 5.54 Å². The van der Waals surface area contributed by atoms with Gasteiger partial charge in [0.2, 0.25) is 5.89 Å². The zero-order chi connectivity index (χ0) is 31.2. The first kappa shape index (κ1) is 30.1. The molecule has 0 bridgehead atoms. The highest BCUT2D eigenvalue weighted by molar-refractivity contribution is 7.93. The van der Waals surface area contributed by atoms with Crippen LogP contribution in [0.1, 0.15) is 41.5 Å². The van der Waals surface area contributed by atoms with Crippen LogP contribution in [0.4, 0.5) is 5.69 Å². The molecule has 44 heavy (non-hydrogen) atoms. The third-order valence-electron chi connectivity index (χ3n) is 8.26. The fourth-order valence-electron chi connectivity index (χ4n) is 6.53. The molecule has 3 heterocycles. The molecule has 12 heteroatoms. The quantitative estimate of drug-likeness (QED) is 0.244. The van der Waals surface area contributed by atoms with Crippen molar-refractivity contribution in [2.45, 2.75) is 35.9 Å². The summed E-state index contributed by atoms with van der Waals surface area (Å²) in [6.45, 7) is 0.989. The molecule has 0 saturated carbocycles. The Hall–Kier alpha value is -3.90. The highest BCUT2D eigenvalue weighted by Crippen LogP contribution is 2.57. The van der Waals surface area contributed by atoms with E-state index in [0.29, 0.717) is 53.0 Å². The second kappa shape index (κ2) is 11.6. The predicted molar refractivity (Wildman–Crippen MR) is 165 cm³/mol.